The van der Waals surface area contributed by atoms with Gasteiger partial charge in [0.2, 0.25) is 5.91 Å². The maximum atomic E-state index is 13.3. The second-order valence-electron chi connectivity index (χ2n) is 8.28. The number of aryl methyl sites for hydroxylation is 1. The summed E-state index contributed by atoms with van der Waals surface area (Å²) in [5, 5.41) is 4.26. The fraction of sp³-hybridized carbons (Fsp3) is 0.360. The van der Waals surface area contributed by atoms with E-state index in [0.717, 1.165) is 23.1 Å². The third-order valence-electron chi connectivity index (χ3n) is 5.90. The fourth-order valence-electron chi connectivity index (χ4n) is 4.23. The minimum absolute atomic E-state index is 0.116. The first-order valence-corrected chi connectivity index (χ1v) is 11.1. The van der Waals surface area contributed by atoms with Crippen molar-refractivity contribution in [3.8, 4) is 11.1 Å². The smallest absolute Gasteiger partial charge is 0.274 e. The third-order valence-corrected chi connectivity index (χ3v) is 5.90. The lowest BCUT2D eigenvalue weighted by atomic mass is 9.95. The van der Waals surface area contributed by atoms with Crippen molar-refractivity contribution in [3.05, 3.63) is 72.3 Å². The molecule has 1 aromatic carbocycles. The van der Waals surface area contributed by atoms with E-state index in [0.29, 0.717) is 38.3 Å². The standard InChI is InChI=1S/C25H29N5O2/c1-3-13-29-15-16-30(25(32)23-10-14-28(2)27-23)18-22(24(29)31)17-19-4-6-20(7-5-19)21-8-11-26-12-9-21/h4-12,14,22H,3,13,15-18H2,1-2H3/t22-/m1/s1. The van der Waals surface area contributed by atoms with E-state index in [2.05, 4.69) is 41.3 Å². The van der Waals surface area contributed by atoms with Crippen LogP contribution in [0.3, 0.4) is 0 Å². The Morgan fingerprint density at radius 3 is 2.41 bits per heavy atom. The van der Waals surface area contributed by atoms with Gasteiger partial charge in [0, 0.05) is 51.8 Å². The monoisotopic (exact) mass is 431 g/mol. The van der Waals surface area contributed by atoms with Gasteiger partial charge in [0.1, 0.15) is 5.69 Å². The van der Waals surface area contributed by atoms with E-state index in [9.17, 15) is 9.59 Å². The zero-order valence-electron chi connectivity index (χ0n) is 18.6. The number of carbonyl (C=O) groups excluding carboxylic acids is 2. The van der Waals surface area contributed by atoms with Gasteiger partial charge >= 0.3 is 0 Å². The molecule has 3 aromatic rings. The third kappa shape index (κ3) is 4.88. The zero-order chi connectivity index (χ0) is 22.5. The van der Waals surface area contributed by atoms with Crippen LogP contribution in [0.2, 0.25) is 0 Å². The van der Waals surface area contributed by atoms with Gasteiger partial charge < -0.3 is 9.80 Å². The van der Waals surface area contributed by atoms with E-state index in [1.165, 1.54) is 0 Å². The van der Waals surface area contributed by atoms with Crippen LogP contribution in [0, 0.1) is 5.92 Å². The van der Waals surface area contributed by atoms with Crippen LogP contribution in [0.15, 0.2) is 61.1 Å². The Hall–Kier alpha value is -3.48. The molecule has 1 aliphatic heterocycles. The fourth-order valence-corrected chi connectivity index (χ4v) is 4.23. The summed E-state index contributed by atoms with van der Waals surface area (Å²) in [6.07, 6.45) is 6.82. The number of hydrogen-bond donors (Lipinski definition) is 0. The first-order chi connectivity index (χ1) is 15.5. The minimum atomic E-state index is -0.275. The Morgan fingerprint density at radius 2 is 1.75 bits per heavy atom. The molecule has 32 heavy (non-hydrogen) atoms. The molecule has 0 radical (unpaired) electrons. The van der Waals surface area contributed by atoms with E-state index in [1.807, 2.05) is 17.0 Å². The molecule has 2 amide bonds. The molecule has 1 aliphatic rings. The van der Waals surface area contributed by atoms with Gasteiger partial charge in [-0.25, -0.2) is 0 Å². The van der Waals surface area contributed by atoms with Crippen molar-refractivity contribution in [1.29, 1.82) is 0 Å². The maximum Gasteiger partial charge on any atom is 0.274 e. The van der Waals surface area contributed by atoms with Crippen molar-refractivity contribution in [2.24, 2.45) is 13.0 Å². The number of nitrogens with zero attached hydrogens (tertiary/aromatic N) is 5. The Labute approximate surface area is 188 Å². The summed E-state index contributed by atoms with van der Waals surface area (Å²) in [6.45, 7) is 4.27. The van der Waals surface area contributed by atoms with E-state index in [4.69, 9.17) is 0 Å². The van der Waals surface area contributed by atoms with E-state index >= 15 is 0 Å². The van der Waals surface area contributed by atoms with Crippen LogP contribution in [-0.2, 0) is 18.3 Å². The topological polar surface area (TPSA) is 71.3 Å². The average molecular weight is 432 g/mol. The van der Waals surface area contributed by atoms with Crippen molar-refractivity contribution in [2.75, 3.05) is 26.2 Å². The van der Waals surface area contributed by atoms with Crippen LogP contribution in [0.5, 0.6) is 0 Å². The molecule has 0 unspecified atom stereocenters. The summed E-state index contributed by atoms with van der Waals surface area (Å²) in [5.41, 5.74) is 3.73. The Balaban J connectivity index is 1.53. The molecule has 3 heterocycles. The highest BCUT2D eigenvalue weighted by Gasteiger charge is 2.32. The number of pyridine rings is 1. The quantitative estimate of drug-likeness (QED) is 0.602. The molecule has 1 saturated heterocycles. The Kier molecular flexibility index (Phi) is 6.63. The molecule has 0 bridgehead atoms. The second kappa shape index (κ2) is 9.77. The Morgan fingerprint density at radius 1 is 1.03 bits per heavy atom. The summed E-state index contributed by atoms with van der Waals surface area (Å²) in [7, 11) is 1.80. The number of carbonyl (C=O) groups is 2. The molecule has 0 saturated carbocycles. The summed E-state index contributed by atoms with van der Waals surface area (Å²) < 4.78 is 1.63. The SMILES string of the molecule is CCCN1CCN(C(=O)c2ccn(C)n2)C[C@@H](Cc2ccc(-c3ccncc3)cc2)C1=O. The summed E-state index contributed by atoms with van der Waals surface area (Å²) in [6, 6.07) is 14.0. The maximum absolute atomic E-state index is 13.3. The van der Waals surface area contributed by atoms with Crippen molar-refractivity contribution < 1.29 is 9.59 Å². The molecule has 1 fully saturated rings. The molecular weight excluding hydrogens is 402 g/mol. The van der Waals surface area contributed by atoms with Gasteiger partial charge in [-0.05, 0) is 47.7 Å². The molecule has 7 heteroatoms. The number of aromatic nitrogens is 3. The van der Waals surface area contributed by atoms with Crippen LogP contribution < -0.4 is 0 Å². The van der Waals surface area contributed by atoms with Crippen LogP contribution in [0.25, 0.3) is 11.1 Å². The largest absolute Gasteiger partial charge is 0.341 e. The first-order valence-electron chi connectivity index (χ1n) is 11.1. The van der Waals surface area contributed by atoms with Crippen LogP contribution in [0.1, 0.15) is 29.4 Å². The summed E-state index contributed by atoms with van der Waals surface area (Å²) >= 11 is 0. The highest BCUT2D eigenvalue weighted by Crippen LogP contribution is 2.22. The number of rotatable bonds is 6. The minimum Gasteiger partial charge on any atom is -0.341 e. The molecule has 166 valence electrons. The van der Waals surface area contributed by atoms with E-state index in [1.54, 1.807) is 41.3 Å². The molecule has 0 aliphatic carbocycles. The Bertz CT molecular complexity index is 1060. The molecule has 7 nitrogen and oxygen atoms in total. The molecular formula is C25H29N5O2. The summed E-state index contributed by atoms with van der Waals surface area (Å²) in [4.78, 5) is 34.1. The highest BCUT2D eigenvalue weighted by molar-refractivity contribution is 5.93. The van der Waals surface area contributed by atoms with Gasteiger partial charge in [0.15, 0.2) is 0 Å². The van der Waals surface area contributed by atoms with Gasteiger partial charge in [-0.3, -0.25) is 19.3 Å². The summed E-state index contributed by atoms with van der Waals surface area (Å²) in [5.74, 6) is -0.264. The molecule has 4 rings (SSSR count). The highest BCUT2D eigenvalue weighted by atomic mass is 16.2. The molecule has 2 aromatic heterocycles. The number of amides is 2. The van der Waals surface area contributed by atoms with E-state index < -0.39 is 0 Å². The van der Waals surface area contributed by atoms with Gasteiger partial charge in [-0.2, -0.15) is 5.10 Å². The van der Waals surface area contributed by atoms with E-state index in [-0.39, 0.29) is 17.7 Å². The van der Waals surface area contributed by atoms with Gasteiger partial charge in [-0.1, -0.05) is 31.2 Å². The van der Waals surface area contributed by atoms with Crippen LogP contribution in [-0.4, -0.2) is 62.6 Å². The number of hydrogen-bond acceptors (Lipinski definition) is 4. The predicted molar refractivity (Wildman–Crippen MR) is 123 cm³/mol. The molecule has 0 spiro atoms. The van der Waals surface area contributed by atoms with Gasteiger partial charge in [0.05, 0.1) is 5.92 Å². The first kappa shape index (κ1) is 21.7. The van der Waals surface area contributed by atoms with Gasteiger partial charge in [-0.15, -0.1) is 0 Å². The van der Waals surface area contributed by atoms with Crippen molar-refractivity contribution in [2.45, 2.75) is 19.8 Å². The lowest BCUT2D eigenvalue weighted by Crippen LogP contribution is -2.38. The zero-order valence-corrected chi connectivity index (χ0v) is 18.6. The van der Waals surface area contributed by atoms with Crippen LogP contribution in [0.4, 0.5) is 0 Å². The predicted octanol–water partition coefficient (Wildman–Crippen LogP) is 3.04. The lowest BCUT2D eigenvalue weighted by Gasteiger charge is -2.23. The molecule has 1 atom stereocenters. The van der Waals surface area contributed by atoms with Gasteiger partial charge in [0.25, 0.3) is 5.91 Å². The van der Waals surface area contributed by atoms with Crippen molar-refractivity contribution in [1.82, 2.24) is 24.6 Å². The molecule has 0 N–H and O–H groups in total. The lowest BCUT2D eigenvalue weighted by molar-refractivity contribution is -0.134. The number of benzene rings is 1. The second-order valence-corrected chi connectivity index (χ2v) is 8.28. The van der Waals surface area contributed by atoms with Crippen molar-refractivity contribution in [3.63, 3.8) is 0 Å². The average Bonchev–Trinajstić information content (AvgIpc) is 3.20. The normalized spacial score (nSPS) is 16.8. The van der Waals surface area contributed by atoms with Crippen molar-refractivity contribution >= 4 is 11.8 Å². The van der Waals surface area contributed by atoms with Crippen LogP contribution >= 0.6 is 0 Å².